The molecule has 2 amide bonds. The van der Waals surface area contributed by atoms with E-state index < -0.39 is 17.4 Å². The predicted molar refractivity (Wildman–Crippen MR) is 135 cm³/mol. The zero-order valence-corrected chi connectivity index (χ0v) is 20.3. The van der Waals surface area contributed by atoms with E-state index in [4.69, 9.17) is 10.5 Å². The Morgan fingerprint density at radius 2 is 1.92 bits per heavy atom. The van der Waals surface area contributed by atoms with E-state index in [9.17, 15) is 18.4 Å². The van der Waals surface area contributed by atoms with Crippen LogP contribution >= 0.6 is 0 Å². The Labute approximate surface area is 212 Å². The number of likely N-dealkylation sites (tertiary alicyclic amines) is 1. The molecule has 0 radical (unpaired) electrons. The smallest absolute Gasteiger partial charge is 0.298 e. The Bertz CT molecular complexity index is 1400. The van der Waals surface area contributed by atoms with Crippen LogP contribution in [0.15, 0.2) is 53.8 Å². The van der Waals surface area contributed by atoms with Crippen molar-refractivity contribution in [1.82, 2.24) is 14.9 Å². The van der Waals surface area contributed by atoms with E-state index in [-0.39, 0.29) is 23.5 Å². The number of rotatable bonds is 7. The summed E-state index contributed by atoms with van der Waals surface area (Å²) in [5, 5.41) is 3.93. The lowest BCUT2D eigenvalue weighted by Gasteiger charge is -2.16. The second-order valence-corrected chi connectivity index (χ2v) is 8.40. The number of aromatic nitrogens is 1. The number of benzene rings is 2. The first-order valence-electron chi connectivity index (χ1n) is 11.5. The highest BCUT2D eigenvalue weighted by molar-refractivity contribution is 6.05. The molecule has 190 valence electrons. The molecule has 1 aromatic heterocycles. The molecular formula is C27H25F2N5O3. The van der Waals surface area contributed by atoms with Crippen molar-refractivity contribution in [3.05, 3.63) is 71.6 Å². The number of amides is 2. The summed E-state index contributed by atoms with van der Waals surface area (Å²) < 4.78 is 35.4. The number of ether oxygens (including phenoxy) is 1. The van der Waals surface area contributed by atoms with Gasteiger partial charge in [0.1, 0.15) is 5.75 Å². The maximum Gasteiger partial charge on any atom is 0.298 e. The first-order valence-corrected chi connectivity index (χ1v) is 11.5. The fourth-order valence-electron chi connectivity index (χ4n) is 4.44. The Morgan fingerprint density at radius 3 is 2.57 bits per heavy atom. The van der Waals surface area contributed by atoms with Gasteiger partial charge in [-0.2, -0.15) is 5.10 Å². The van der Waals surface area contributed by atoms with Gasteiger partial charge in [-0.25, -0.2) is 14.2 Å². The fraction of sp³-hybridized carbons (Fsp3) is 0.222. The standard InChI is InChI=1S/C27H25F2N5O3/c1-3-5-24(36)33-13-12-19(14-33)34-15-21(25(17(34)2)27(30)32-31-16-35)18-8-10-20(11-9-18)37-26-22(28)6-4-7-23(26)29/h4,6-11,15-16,19H,12-14H2,1-2H3,(H2,30,32)(H,31,35). The number of nitrogens with two attached hydrogens (primary N) is 1. The minimum absolute atomic E-state index is 0.00595. The maximum absolute atomic E-state index is 14.0. The summed E-state index contributed by atoms with van der Waals surface area (Å²) in [5.74, 6) is 3.26. The number of carbonyl (C=O) groups is 2. The van der Waals surface area contributed by atoms with Gasteiger partial charge in [-0.3, -0.25) is 9.59 Å². The first kappa shape index (κ1) is 25.4. The Balaban J connectivity index is 1.68. The molecule has 37 heavy (non-hydrogen) atoms. The lowest BCUT2D eigenvalue weighted by atomic mass is 10.0. The number of hydrazone groups is 1. The third-order valence-electron chi connectivity index (χ3n) is 6.16. The molecule has 8 nitrogen and oxygen atoms in total. The summed E-state index contributed by atoms with van der Waals surface area (Å²) in [7, 11) is 0. The maximum atomic E-state index is 14.0. The molecule has 1 saturated heterocycles. The van der Waals surface area contributed by atoms with E-state index in [1.54, 1.807) is 36.1 Å². The molecule has 3 aromatic rings. The van der Waals surface area contributed by atoms with Crippen LogP contribution in [0, 0.1) is 30.4 Å². The number of carbonyl (C=O) groups excluding carboxylic acids is 2. The lowest BCUT2D eigenvalue weighted by Crippen LogP contribution is -2.27. The second-order valence-electron chi connectivity index (χ2n) is 8.40. The Kier molecular flexibility index (Phi) is 7.53. The molecule has 1 unspecified atom stereocenters. The molecule has 1 aliphatic rings. The van der Waals surface area contributed by atoms with Crippen molar-refractivity contribution >= 4 is 18.2 Å². The molecular weight excluding hydrogens is 480 g/mol. The van der Waals surface area contributed by atoms with Crippen LogP contribution in [0.1, 0.15) is 30.6 Å². The average Bonchev–Trinajstić information content (AvgIpc) is 3.50. The molecule has 3 N–H and O–H groups in total. The highest BCUT2D eigenvalue weighted by atomic mass is 19.1. The first-order chi connectivity index (χ1) is 17.8. The average molecular weight is 506 g/mol. The summed E-state index contributed by atoms with van der Waals surface area (Å²) >= 11 is 0. The van der Waals surface area contributed by atoms with Crippen LogP contribution in [-0.2, 0) is 9.59 Å². The molecule has 2 heterocycles. The monoisotopic (exact) mass is 505 g/mol. The zero-order chi connectivity index (χ0) is 26.5. The topological polar surface area (TPSA) is 102 Å². The SMILES string of the molecule is CC#CC(=O)N1CCC(n2cc(-c3ccc(Oc4c(F)cccc4F)cc3)c(/C(N)=N\NC=O)c2C)C1. The van der Waals surface area contributed by atoms with Gasteiger partial charge in [0.25, 0.3) is 5.91 Å². The normalized spacial score (nSPS) is 15.2. The second kappa shape index (κ2) is 11.0. The van der Waals surface area contributed by atoms with Crippen LogP contribution in [0.2, 0.25) is 0 Å². The Hall–Kier alpha value is -4.65. The van der Waals surface area contributed by atoms with Crippen molar-refractivity contribution in [3.8, 4) is 34.5 Å². The molecule has 0 spiro atoms. The van der Waals surface area contributed by atoms with Gasteiger partial charge in [0, 0.05) is 36.1 Å². The van der Waals surface area contributed by atoms with E-state index in [1.165, 1.54) is 6.07 Å². The van der Waals surface area contributed by atoms with Crippen molar-refractivity contribution in [2.24, 2.45) is 10.8 Å². The molecule has 1 atom stereocenters. The number of nitrogens with zero attached hydrogens (tertiary/aromatic N) is 3. The third kappa shape index (κ3) is 5.30. The molecule has 0 aliphatic carbocycles. The quantitative estimate of drug-likeness (QED) is 0.168. The molecule has 1 aliphatic heterocycles. The van der Waals surface area contributed by atoms with Gasteiger partial charge < -0.3 is 19.9 Å². The van der Waals surface area contributed by atoms with E-state index in [0.29, 0.717) is 25.1 Å². The molecule has 1 fully saturated rings. The number of nitrogens with one attached hydrogen (secondary N) is 1. The van der Waals surface area contributed by atoms with Gasteiger partial charge in [0.05, 0.1) is 6.04 Å². The van der Waals surface area contributed by atoms with Crippen molar-refractivity contribution < 1.29 is 23.1 Å². The van der Waals surface area contributed by atoms with Crippen molar-refractivity contribution in [2.75, 3.05) is 13.1 Å². The fourth-order valence-corrected chi connectivity index (χ4v) is 4.44. The number of amidine groups is 1. The van der Waals surface area contributed by atoms with E-state index >= 15 is 0 Å². The van der Waals surface area contributed by atoms with Crippen LogP contribution in [-0.4, -0.2) is 40.7 Å². The number of hydrogen-bond donors (Lipinski definition) is 2. The van der Waals surface area contributed by atoms with Crippen LogP contribution in [0.25, 0.3) is 11.1 Å². The van der Waals surface area contributed by atoms with Crippen molar-refractivity contribution in [1.29, 1.82) is 0 Å². The highest BCUT2D eigenvalue weighted by Crippen LogP contribution is 2.35. The zero-order valence-electron chi connectivity index (χ0n) is 20.3. The van der Waals surface area contributed by atoms with Gasteiger partial charge in [-0.05, 0) is 56.0 Å². The Morgan fingerprint density at radius 1 is 1.22 bits per heavy atom. The van der Waals surface area contributed by atoms with Crippen LogP contribution in [0.5, 0.6) is 11.5 Å². The van der Waals surface area contributed by atoms with Crippen LogP contribution in [0.4, 0.5) is 8.78 Å². The summed E-state index contributed by atoms with van der Waals surface area (Å²) in [6.07, 6.45) is 3.07. The van der Waals surface area contributed by atoms with Gasteiger partial charge in [0.15, 0.2) is 23.2 Å². The number of para-hydroxylation sites is 1. The summed E-state index contributed by atoms with van der Waals surface area (Å²) in [5.41, 5.74) is 11.4. The molecule has 0 saturated carbocycles. The van der Waals surface area contributed by atoms with E-state index in [2.05, 4.69) is 22.4 Å². The largest absolute Gasteiger partial charge is 0.451 e. The summed E-state index contributed by atoms with van der Waals surface area (Å²) in [6, 6.07) is 10.1. The minimum atomic E-state index is -0.806. The van der Waals surface area contributed by atoms with Gasteiger partial charge in [-0.1, -0.05) is 24.1 Å². The van der Waals surface area contributed by atoms with E-state index in [0.717, 1.165) is 35.4 Å². The van der Waals surface area contributed by atoms with Crippen molar-refractivity contribution in [2.45, 2.75) is 26.3 Å². The van der Waals surface area contributed by atoms with Crippen LogP contribution < -0.4 is 15.9 Å². The third-order valence-corrected chi connectivity index (χ3v) is 6.16. The van der Waals surface area contributed by atoms with Gasteiger partial charge >= 0.3 is 0 Å². The van der Waals surface area contributed by atoms with Gasteiger partial charge in [0.2, 0.25) is 6.41 Å². The number of halogens is 2. The number of hydrogen-bond acceptors (Lipinski definition) is 4. The molecule has 2 aromatic carbocycles. The highest BCUT2D eigenvalue weighted by Gasteiger charge is 2.29. The molecule has 4 rings (SSSR count). The van der Waals surface area contributed by atoms with Crippen LogP contribution in [0.3, 0.4) is 0 Å². The summed E-state index contributed by atoms with van der Waals surface area (Å²) in [6.45, 7) is 4.58. The van der Waals surface area contributed by atoms with Crippen molar-refractivity contribution in [3.63, 3.8) is 0 Å². The lowest BCUT2D eigenvalue weighted by molar-refractivity contribution is -0.124. The predicted octanol–water partition coefficient (Wildman–Crippen LogP) is 3.70. The minimum Gasteiger partial charge on any atom is -0.451 e. The van der Waals surface area contributed by atoms with E-state index in [1.807, 2.05) is 17.7 Å². The molecule has 10 heteroatoms. The molecule has 0 bridgehead atoms. The van der Waals surface area contributed by atoms with Gasteiger partial charge in [-0.15, -0.1) is 0 Å². The summed E-state index contributed by atoms with van der Waals surface area (Å²) in [4.78, 5) is 24.7.